The summed E-state index contributed by atoms with van der Waals surface area (Å²) in [6.45, 7) is 5.69. The molecule has 5 nitrogen and oxygen atoms in total. The van der Waals surface area contributed by atoms with Crippen molar-refractivity contribution in [2.24, 2.45) is 0 Å². The number of methoxy groups -OCH3 is 2. The van der Waals surface area contributed by atoms with E-state index in [0.29, 0.717) is 17.6 Å². The summed E-state index contributed by atoms with van der Waals surface area (Å²) in [4.78, 5) is 2.19. The lowest BCUT2D eigenvalue weighted by Crippen LogP contribution is -2.46. The molecule has 0 bridgehead atoms. The van der Waals surface area contributed by atoms with Gasteiger partial charge in [0.15, 0.2) is 16.6 Å². The normalized spacial score (nSPS) is 15.7. The van der Waals surface area contributed by atoms with Crippen LogP contribution in [0, 0.1) is 0 Å². The van der Waals surface area contributed by atoms with Crippen molar-refractivity contribution in [2.75, 3.05) is 34.4 Å². The lowest BCUT2D eigenvalue weighted by molar-refractivity contribution is 0.187. The van der Waals surface area contributed by atoms with E-state index in [1.807, 2.05) is 19.2 Å². The van der Waals surface area contributed by atoms with Crippen molar-refractivity contribution in [3.05, 3.63) is 53.1 Å². The summed E-state index contributed by atoms with van der Waals surface area (Å²) in [6.07, 6.45) is 0.886. The van der Waals surface area contributed by atoms with E-state index >= 15 is 0 Å². The standard InChI is InChI=1S/C23H30N2O3S/c1-15(2)16-6-8-18(9-7-16)28-14-20-19-13-22(27-5)21(26-4)12-17(19)10-11-25(20)23(29)24-3/h6-9,12-13,15,20H,10-11,14H2,1-5H3,(H,24,29). The summed E-state index contributed by atoms with van der Waals surface area (Å²) in [6, 6.07) is 12.4. The average molecular weight is 415 g/mol. The smallest absolute Gasteiger partial charge is 0.169 e. The van der Waals surface area contributed by atoms with Gasteiger partial charge >= 0.3 is 0 Å². The third-order valence-corrected chi connectivity index (χ3v) is 5.87. The highest BCUT2D eigenvalue weighted by molar-refractivity contribution is 7.80. The molecule has 0 spiro atoms. The summed E-state index contributed by atoms with van der Waals surface area (Å²) >= 11 is 5.57. The predicted octanol–water partition coefficient (Wildman–Crippen LogP) is 4.31. The van der Waals surface area contributed by atoms with Crippen molar-refractivity contribution in [3.63, 3.8) is 0 Å². The molecule has 0 saturated heterocycles. The molecule has 1 aliphatic heterocycles. The van der Waals surface area contributed by atoms with Crippen LogP contribution < -0.4 is 19.5 Å². The highest BCUT2D eigenvalue weighted by Gasteiger charge is 2.31. The Hall–Kier alpha value is -2.47. The van der Waals surface area contributed by atoms with Gasteiger partial charge in [-0.3, -0.25) is 0 Å². The second-order valence-electron chi connectivity index (χ2n) is 7.46. The van der Waals surface area contributed by atoms with Crippen molar-refractivity contribution >= 4 is 17.3 Å². The zero-order valence-corrected chi connectivity index (χ0v) is 18.6. The van der Waals surface area contributed by atoms with Crippen molar-refractivity contribution in [1.29, 1.82) is 0 Å². The van der Waals surface area contributed by atoms with Gasteiger partial charge in [0.25, 0.3) is 0 Å². The maximum absolute atomic E-state index is 6.19. The number of rotatable bonds is 6. The Kier molecular flexibility index (Phi) is 6.85. The monoisotopic (exact) mass is 414 g/mol. The van der Waals surface area contributed by atoms with Crippen LogP contribution in [0.5, 0.6) is 17.2 Å². The minimum atomic E-state index is -0.0109. The Bertz CT molecular complexity index is 852. The maximum atomic E-state index is 6.19. The molecule has 3 rings (SSSR count). The van der Waals surface area contributed by atoms with E-state index in [2.05, 4.69) is 48.3 Å². The zero-order valence-electron chi connectivity index (χ0n) is 17.8. The first-order valence-electron chi connectivity index (χ1n) is 9.94. The average Bonchev–Trinajstić information content (AvgIpc) is 2.75. The highest BCUT2D eigenvalue weighted by atomic mass is 32.1. The molecule has 29 heavy (non-hydrogen) atoms. The van der Waals surface area contributed by atoms with Gasteiger partial charge in [-0.2, -0.15) is 0 Å². The van der Waals surface area contributed by atoms with Crippen LogP contribution in [0.1, 0.15) is 42.5 Å². The molecular formula is C23H30N2O3S. The molecule has 1 aliphatic rings. The molecule has 1 unspecified atom stereocenters. The van der Waals surface area contributed by atoms with E-state index < -0.39 is 0 Å². The van der Waals surface area contributed by atoms with Crippen LogP contribution >= 0.6 is 12.2 Å². The van der Waals surface area contributed by atoms with E-state index in [1.54, 1.807) is 14.2 Å². The van der Waals surface area contributed by atoms with Crippen LogP contribution in [-0.4, -0.2) is 44.4 Å². The van der Waals surface area contributed by atoms with Crippen molar-refractivity contribution < 1.29 is 14.2 Å². The molecule has 6 heteroatoms. The topological polar surface area (TPSA) is 43.0 Å². The number of hydrogen-bond donors (Lipinski definition) is 1. The summed E-state index contributed by atoms with van der Waals surface area (Å²) in [5, 5.41) is 3.83. The second-order valence-corrected chi connectivity index (χ2v) is 7.84. The van der Waals surface area contributed by atoms with Gasteiger partial charge in [0, 0.05) is 13.6 Å². The van der Waals surface area contributed by atoms with Crippen LogP contribution in [0.3, 0.4) is 0 Å². The van der Waals surface area contributed by atoms with Crippen molar-refractivity contribution in [2.45, 2.75) is 32.2 Å². The Morgan fingerprint density at radius 2 is 1.79 bits per heavy atom. The number of nitrogens with zero attached hydrogens (tertiary/aromatic N) is 1. The predicted molar refractivity (Wildman–Crippen MR) is 120 cm³/mol. The fraction of sp³-hybridized carbons (Fsp3) is 0.435. The van der Waals surface area contributed by atoms with Crippen LogP contribution in [0.4, 0.5) is 0 Å². The SMILES string of the molecule is CNC(=S)N1CCc2cc(OC)c(OC)cc2C1COc1ccc(C(C)C)cc1. The Morgan fingerprint density at radius 1 is 1.14 bits per heavy atom. The second kappa shape index (κ2) is 9.35. The number of nitrogens with one attached hydrogen (secondary N) is 1. The zero-order chi connectivity index (χ0) is 21.0. The molecule has 0 saturated carbocycles. The van der Waals surface area contributed by atoms with Gasteiger partial charge in [0.05, 0.1) is 20.3 Å². The van der Waals surface area contributed by atoms with E-state index in [9.17, 15) is 0 Å². The molecule has 156 valence electrons. The van der Waals surface area contributed by atoms with Gasteiger partial charge in [0.1, 0.15) is 12.4 Å². The summed E-state index contributed by atoms with van der Waals surface area (Å²) in [5.74, 6) is 2.83. The molecular weight excluding hydrogens is 384 g/mol. The Balaban J connectivity index is 1.89. The van der Waals surface area contributed by atoms with Gasteiger partial charge in [-0.05, 0) is 65.5 Å². The van der Waals surface area contributed by atoms with Crippen LogP contribution in [-0.2, 0) is 6.42 Å². The molecule has 1 heterocycles. The third kappa shape index (κ3) is 4.58. The van der Waals surface area contributed by atoms with Crippen molar-refractivity contribution in [1.82, 2.24) is 10.2 Å². The quantitative estimate of drug-likeness (QED) is 0.711. The van der Waals surface area contributed by atoms with E-state index in [-0.39, 0.29) is 6.04 Å². The van der Waals surface area contributed by atoms with Gasteiger partial charge in [-0.25, -0.2) is 0 Å². The number of hydrogen-bond acceptors (Lipinski definition) is 4. The first-order valence-corrected chi connectivity index (χ1v) is 10.3. The molecule has 0 aliphatic carbocycles. The molecule has 0 fully saturated rings. The fourth-order valence-corrected chi connectivity index (χ4v) is 3.94. The third-order valence-electron chi connectivity index (χ3n) is 5.43. The van der Waals surface area contributed by atoms with E-state index in [1.165, 1.54) is 11.1 Å². The number of benzene rings is 2. The maximum Gasteiger partial charge on any atom is 0.169 e. The van der Waals surface area contributed by atoms with Gasteiger partial charge in [-0.15, -0.1) is 0 Å². The molecule has 0 radical (unpaired) electrons. The van der Waals surface area contributed by atoms with Crippen LogP contribution in [0.25, 0.3) is 0 Å². The lowest BCUT2D eigenvalue weighted by Gasteiger charge is -2.39. The van der Waals surface area contributed by atoms with E-state index in [0.717, 1.165) is 35.8 Å². The fourth-order valence-electron chi connectivity index (χ4n) is 3.72. The minimum Gasteiger partial charge on any atom is -0.493 e. The summed E-state index contributed by atoms with van der Waals surface area (Å²) < 4.78 is 17.2. The molecule has 0 aromatic heterocycles. The summed E-state index contributed by atoms with van der Waals surface area (Å²) in [5.41, 5.74) is 3.70. The molecule has 1 N–H and O–H groups in total. The molecule has 2 aromatic rings. The number of ether oxygens (including phenoxy) is 3. The van der Waals surface area contributed by atoms with Gasteiger partial charge < -0.3 is 24.4 Å². The molecule has 0 amide bonds. The van der Waals surface area contributed by atoms with Crippen LogP contribution in [0.2, 0.25) is 0 Å². The highest BCUT2D eigenvalue weighted by Crippen LogP contribution is 2.38. The Labute approximate surface area is 179 Å². The van der Waals surface area contributed by atoms with Crippen molar-refractivity contribution in [3.8, 4) is 17.2 Å². The first kappa shape index (κ1) is 21.2. The Morgan fingerprint density at radius 3 is 2.38 bits per heavy atom. The van der Waals surface area contributed by atoms with E-state index in [4.69, 9.17) is 26.4 Å². The first-order chi connectivity index (χ1) is 14.0. The molecule has 1 atom stereocenters. The van der Waals surface area contributed by atoms with Crippen LogP contribution in [0.15, 0.2) is 36.4 Å². The summed E-state index contributed by atoms with van der Waals surface area (Å²) in [7, 11) is 5.18. The van der Waals surface area contributed by atoms with Gasteiger partial charge in [0.2, 0.25) is 0 Å². The van der Waals surface area contributed by atoms with Gasteiger partial charge in [-0.1, -0.05) is 26.0 Å². The number of fused-ring (bicyclic) bond motifs is 1. The largest absolute Gasteiger partial charge is 0.493 e. The lowest BCUT2D eigenvalue weighted by atomic mass is 9.92. The molecule has 2 aromatic carbocycles. The number of thiocarbonyl (C=S) groups is 1. The minimum absolute atomic E-state index is 0.0109.